The molecular formula is C10H9FN2O2. The molecule has 2 aromatic heterocycles. The maximum Gasteiger partial charge on any atom is 0.310 e. The summed E-state index contributed by atoms with van der Waals surface area (Å²) >= 11 is 0. The second-order valence-electron chi connectivity index (χ2n) is 3.07. The van der Waals surface area contributed by atoms with E-state index >= 15 is 0 Å². The van der Waals surface area contributed by atoms with Gasteiger partial charge >= 0.3 is 5.97 Å². The first-order valence-corrected chi connectivity index (χ1v) is 4.40. The molecule has 0 fully saturated rings. The lowest BCUT2D eigenvalue weighted by Crippen LogP contribution is -2.06. The van der Waals surface area contributed by atoms with Crippen molar-refractivity contribution in [1.29, 1.82) is 0 Å². The van der Waals surface area contributed by atoms with Crippen LogP contribution in [0.4, 0.5) is 4.39 Å². The zero-order valence-electron chi connectivity index (χ0n) is 8.11. The first kappa shape index (κ1) is 9.64. The Bertz CT molecular complexity index is 507. The SMILES string of the molecule is COC(=O)Cc1cccn2ncc(F)c12. The average Bonchev–Trinajstić information content (AvgIpc) is 2.61. The van der Waals surface area contributed by atoms with Crippen LogP contribution in [0, 0.1) is 5.82 Å². The number of aromatic nitrogens is 2. The van der Waals surface area contributed by atoms with E-state index in [9.17, 15) is 9.18 Å². The van der Waals surface area contributed by atoms with Gasteiger partial charge < -0.3 is 4.74 Å². The monoisotopic (exact) mass is 208 g/mol. The third-order valence-corrected chi connectivity index (χ3v) is 2.14. The predicted molar refractivity (Wildman–Crippen MR) is 50.9 cm³/mol. The first-order chi connectivity index (χ1) is 7.22. The standard InChI is InChI=1S/C10H9FN2O2/c1-15-9(14)5-7-3-2-4-13-10(7)8(11)6-12-13/h2-4,6H,5H2,1H3. The minimum absolute atomic E-state index is 0.0451. The molecular weight excluding hydrogens is 199 g/mol. The molecule has 0 bridgehead atoms. The number of rotatable bonds is 2. The van der Waals surface area contributed by atoms with Crippen LogP contribution in [0.1, 0.15) is 5.56 Å². The van der Waals surface area contributed by atoms with Gasteiger partial charge in [0.15, 0.2) is 5.82 Å². The van der Waals surface area contributed by atoms with E-state index in [0.717, 1.165) is 6.20 Å². The molecule has 5 heteroatoms. The van der Waals surface area contributed by atoms with E-state index in [1.54, 1.807) is 18.3 Å². The van der Waals surface area contributed by atoms with Gasteiger partial charge in [-0.1, -0.05) is 6.07 Å². The summed E-state index contributed by atoms with van der Waals surface area (Å²) in [5.41, 5.74) is 0.891. The van der Waals surface area contributed by atoms with Crippen molar-refractivity contribution >= 4 is 11.5 Å². The molecule has 15 heavy (non-hydrogen) atoms. The largest absolute Gasteiger partial charge is 0.469 e. The van der Waals surface area contributed by atoms with E-state index in [2.05, 4.69) is 9.84 Å². The smallest absolute Gasteiger partial charge is 0.310 e. The summed E-state index contributed by atoms with van der Waals surface area (Å²) in [6.07, 6.45) is 2.79. The summed E-state index contributed by atoms with van der Waals surface area (Å²) in [5, 5.41) is 3.80. The number of fused-ring (bicyclic) bond motifs is 1. The Morgan fingerprint density at radius 1 is 1.67 bits per heavy atom. The number of esters is 1. The lowest BCUT2D eigenvalue weighted by atomic mass is 10.1. The van der Waals surface area contributed by atoms with Crippen molar-refractivity contribution in [2.75, 3.05) is 7.11 Å². The zero-order chi connectivity index (χ0) is 10.8. The van der Waals surface area contributed by atoms with Crippen molar-refractivity contribution in [2.45, 2.75) is 6.42 Å². The third kappa shape index (κ3) is 1.68. The van der Waals surface area contributed by atoms with E-state index in [-0.39, 0.29) is 6.42 Å². The van der Waals surface area contributed by atoms with Gasteiger partial charge in [0.2, 0.25) is 0 Å². The summed E-state index contributed by atoms with van der Waals surface area (Å²) in [6, 6.07) is 3.38. The second-order valence-corrected chi connectivity index (χ2v) is 3.07. The van der Waals surface area contributed by atoms with Crippen molar-refractivity contribution in [1.82, 2.24) is 9.61 Å². The van der Waals surface area contributed by atoms with E-state index in [1.807, 2.05) is 0 Å². The summed E-state index contributed by atoms with van der Waals surface area (Å²) < 4.78 is 19.3. The van der Waals surface area contributed by atoms with Crippen molar-refractivity contribution < 1.29 is 13.9 Å². The molecule has 2 heterocycles. The highest BCUT2D eigenvalue weighted by atomic mass is 19.1. The lowest BCUT2D eigenvalue weighted by Gasteiger charge is -2.02. The Morgan fingerprint density at radius 2 is 2.47 bits per heavy atom. The average molecular weight is 208 g/mol. The number of carbonyl (C=O) groups is 1. The Balaban J connectivity index is 2.50. The molecule has 0 aliphatic carbocycles. The molecule has 2 aromatic rings. The molecule has 0 atom stereocenters. The number of halogens is 1. The third-order valence-electron chi connectivity index (χ3n) is 2.14. The Morgan fingerprint density at radius 3 is 3.20 bits per heavy atom. The molecule has 0 aliphatic rings. The van der Waals surface area contributed by atoms with Crippen LogP contribution in [0.25, 0.3) is 5.52 Å². The zero-order valence-corrected chi connectivity index (χ0v) is 8.11. The Kier molecular flexibility index (Phi) is 2.37. The van der Waals surface area contributed by atoms with Crippen LogP contribution in [0.3, 0.4) is 0 Å². The minimum atomic E-state index is -0.436. The molecule has 2 rings (SSSR count). The number of methoxy groups -OCH3 is 1. The van der Waals surface area contributed by atoms with E-state index in [1.165, 1.54) is 11.6 Å². The number of ether oxygens (including phenoxy) is 1. The predicted octanol–water partition coefficient (Wildman–Crippen LogP) is 1.19. The first-order valence-electron chi connectivity index (χ1n) is 4.40. The van der Waals surface area contributed by atoms with Gasteiger partial charge in [0.1, 0.15) is 5.52 Å². The molecule has 4 nitrogen and oxygen atoms in total. The molecule has 0 radical (unpaired) electrons. The van der Waals surface area contributed by atoms with E-state index in [0.29, 0.717) is 11.1 Å². The van der Waals surface area contributed by atoms with Gasteiger partial charge in [-0.15, -0.1) is 0 Å². The van der Waals surface area contributed by atoms with Crippen LogP contribution in [0.15, 0.2) is 24.5 Å². The van der Waals surface area contributed by atoms with Crippen molar-refractivity contribution in [3.05, 3.63) is 35.9 Å². The van der Waals surface area contributed by atoms with Gasteiger partial charge in [-0.05, 0) is 11.6 Å². The summed E-state index contributed by atoms with van der Waals surface area (Å²) in [5.74, 6) is -0.835. The highest BCUT2D eigenvalue weighted by Crippen LogP contribution is 2.15. The van der Waals surface area contributed by atoms with Crippen molar-refractivity contribution in [2.24, 2.45) is 0 Å². The Hall–Kier alpha value is -1.91. The molecule has 0 saturated heterocycles. The van der Waals surface area contributed by atoms with Crippen molar-refractivity contribution in [3.8, 4) is 0 Å². The van der Waals surface area contributed by atoms with Gasteiger partial charge in [0, 0.05) is 6.20 Å². The van der Waals surface area contributed by atoms with Crippen LogP contribution in [0.2, 0.25) is 0 Å². The van der Waals surface area contributed by atoms with Gasteiger partial charge in [0.05, 0.1) is 19.7 Å². The van der Waals surface area contributed by atoms with E-state index < -0.39 is 11.8 Å². The number of hydrogen-bond acceptors (Lipinski definition) is 3. The van der Waals surface area contributed by atoms with Crippen LogP contribution >= 0.6 is 0 Å². The molecule has 0 aliphatic heterocycles. The summed E-state index contributed by atoms with van der Waals surface area (Å²) in [4.78, 5) is 11.1. The molecule has 0 spiro atoms. The fourth-order valence-electron chi connectivity index (χ4n) is 1.44. The van der Waals surface area contributed by atoms with Gasteiger partial charge in [-0.3, -0.25) is 4.79 Å². The van der Waals surface area contributed by atoms with Crippen LogP contribution in [-0.2, 0) is 16.0 Å². The second kappa shape index (κ2) is 3.68. The van der Waals surface area contributed by atoms with Gasteiger partial charge in [-0.2, -0.15) is 5.10 Å². The molecule has 78 valence electrons. The fraction of sp³-hybridized carbons (Fsp3) is 0.200. The Labute approximate surface area is 85.3 Å². The molecule has 0 unspecified atom stereocenters. The summed E-state index contributed by atoms with van der Waals surface area (Å²) in [7, 11) is 1.30. The highest BCUT2D eigenvalue weighted by molar-refractivity contribution is 5.75. The molecule has 0 N–H and O–H groups in total. The molecule has 0 aromatic carbocycles. The van der Waals surface area contributed by atoms with Gasteiger partial charge in [0.25, 0.3) is 0 Å². The highest BCUT2D eigenvalue weighted by Gasteiger charge is 2.11. The summed E-state index contributed by atoms with van der Waals surface area (Å²) in [6.45, 7) is 0. The quantitative estimate of drug-likeness (QED) is 0.696. The van der Waals surface area contributed by atoms with Crippen LogP contribution < -0.4 is 0 Å². The number of hydrogen-bond donors (Lipinski definition) is 0. The molecule has 0 amide bonds. The normalized spacial score (nSPS) is 10.5. The van der Waals surface area contributed by atoms with Crippen molar-refractivity contribution in [3.63, 3.8) is 0 Å². The van der Waals surface area contributed by atoms with E-state index in [4.69, 9.17) is 0 Å². The molecule has 0 saturated carbocycles. The minimum Gasteiger partial charge on any atom is -0.469 e. The number of nitrogens with zero attached hydrogens (tertiary/aromatic N) is 2. The van der Waals surface area contributed by atoms with Crippen LogP contribution in [-0.4, -0.2) is 22.7 Å². The van der Waals surface area contributed by atoms with Gasteiger partial charge in [-0.25, -0.2) is 8.91 Å². The maximum atomic E-state index is 13.3. The fourth-order valence-corrected chi connectivity index (χ4v) is 1.44. The number of pyridine rings is 1. The van der Waals surface area contributed by atoms with Crippen LogP contribution in [0.5, 0.6) is 0 Å². The maximum absolute atomic E-state index is 13.3. The lowest BCUT2D eigenvalue weighted by molar-refractivity contribution is -0.139. The number of carbonyl (C=O) groups excluding carboxylic acids is 1. The topological polar surface area (TPSA) is 43.6 Å².